The molecule has 2 N–H and O–H groups in total. The standard InChI is InChI=1S/C31H19F6N5O2/c32-30(33,34)27-16-23(39-41-27)21-14-18(15-22(38-21)24-17-28(42-40-24)31(35,36)37)29-25(43-19-8-3-1-4-9-19)12-7-13-26(29)44-20-10-5-2-6-11-20/h1-17H,(H,39,41)(H,40,42). The van der Waals surface area contributed by atoms with E-state index in [1.54, 1.807) is 66.7 Å². The fourth-order valence-corrected chi connectivity index (χ4v) is 4.33. The summed E-state index contributed by atoms with van der Waals surface area (Å²) in [5.74, 6) is 1.54. The van der Waals surface area contributed by atoms with Gasteiger partial charge in [0.1, 0.15) is 45.8 Å². The fourth-order valence-electron chi connectivity index (χ4n) is 4.33. The van der Waals surface area contributed by atoms with Crippen LogP contribution in [0.1, 0.15) is 11.4 Å². The molecule has 0 spiro atoms. The van der Waals surface area contributed by atoms with Crippen molar-refractivity contribution in [3.05, 3.63) is 115 Å². The van der Waals surface area contributed by atoms with Gasteiger partial charge >= 0.3 is 12.4 Å². The average molecular weight is 608 g/mol. The van der Waals surface area contributed by atoms with Crippen LogP contribution in [0.2, 0.25) is 0 Å². The van der Waals surface area contributed by atoms with E-state index in [1.807, 2.05) is 22.3 Å². The number of rotatable bonds is 7. The van der Waals surface area contributed by atoms with Gasteiger partial charge in [0.2, 0.25) is 0 Å². The molecule has 0 atom stereocenters. The maximum Gasteiger partial charge on any atom is 0.432 e. The summed E-state index contributed by atoms with van der Waals surface area (Å²) >= 11 is 0. The third kappa shape index (κ3) is 6.11. The quantitative estimate of drug-likeness (QED) is 0.177. The summed E-state index contributed by atoms with van der Waals surface area (Å²) in [6.07, 6.45) is -9.44. The lowest BCUT2D eigenvalue weighted by molar-refractivity contribution is -0.142. The number of aromatic nitrogens is 5. The van der Waals surface area contributed by atoms with Crippen molar-refractivity contribution in [3.63, 3.8) is 0 Å². The maximum absolute atomic E-state index is 13.4. The molecule has 222 valence electrons. The van der Waals surface area contributed by atoms with Crippen molar-refractivity contribution in [1.82, 2.24) is 25.4 Å². The highest BCUT2D eigenvalue weighted by atomic mass is 19.4. The maximum atomic E-state index is 13.4. The molecule has 0 amide bonds. The molecule has 0 aliphatic rings. The molecule has 3 heterocycles. The van der Waals surface area contributed by atoms with E-state index in [4.69, 9.17) is 9.47 Å². The van der Waals surface area contributed by atoms with Gasteiger partial charge in [-0.3, -0.25) is 10.2 Å². The van der Waals surface area contributed by atoms with Crippen molar-refractivity contribution in [2.75, 3.05) is 0 Å². The Hall–Kier alpha value is -5.59. The van der Waals surface area contributed by atoms with Gasteiger partial charge < -0.3 is 9.47 Å². The number of nitrogens with one attached hydrogen (secondary N) is 2. The van der Waals surface area contributed by atoms with Crippen LogP contribution in [0.5, 0.6) is 23.0 Å². The van der Waals surface area contributed by atoms with Gasteiger partial charge in [0.15, 0.2) is 0 Å². The largest absolute Gasteiger partial charge is 0.457 e. The van der Waals surface area contributed by atoms with Gasteiger partial charge in [-0.15, -0.1) is 0 Å². The van der Waals surface area contributed by atoms with Crippen LogP contribution in [-0.4, -0.2) is 25.4 Å². The highest BCUT2D eigenvalue weighted by molar-refractivity contribution is 5.82. The number of benzene rings is 3. The molecule has 0 saturated carbocycles. The first kappa shape index (κ1) is 28.5. The number of aromatic amines is 2. The van der Waals surface area contributed by atoms with Crippen LogP contribution < -0.4 is 9.47 Å². The van der Waals surface area contributed by atoms with E-state index in [1.165, 1.54) is 12.1 Å². The van der Waals surface area contributed by atoms with Crippen LogP contribution in [0.25, 0.3) is 33.9 Å². The van der Waals surface area contributed by atoms with Gasteiger partial charge in [0.05, 0.1) is 17.0 Å². The minimum Gasteiger partial charge on any atom is -0.457 e. The number of halogens is 6. The lowest BCUT2D eigenvalue weighted by Gasteiger charge is -2.17. The first-order chi connectivity index (χ1) is 21.0. The Kier molecular flexibility index (Phi) is 7.29. The normalized spacial score (nSPS) is 11.9. The van der Waals surface area contributed by atoms with E-state index in [2.05, 4.69) is 15.2 Å². The first-order valence-corrected chi connectivity index (χ1v) is 12.9. The lowest BCUT2D eigenvalue weighted by atomic mass is 10.0. The lowest BCUT2D eigenvalue weighted by Crippen LogP contribution is -2.04. The summed E-state index contributed by atoms with van der Waals surface area (Å²) in [6, 6.07) is 27.0. The first-order valence-electron chi connectivity index (χ1n) is 12.9. The van der Waals surface area contributed by atoms with E-state index in [-0.39, 0.29) is 22.8 Å². The second kappa shape index (κ2) is 11.2. The van der Waals surface area contributed by atoms with Crippen LogP contribution in [0.3, 0.4) is 0 Å². The molecule has 0 aliphatic carbocycles. The summed E-state index contributed by atoms with van der Waals surface area (Å²) in [6.45, 7) is 0. The number of H-pyrrole nitrogens is 2. The van der Waals surface area contributed by atoms with Crippen molar-refractivity contribution in [2.45, 2.75) is 12.4 Å². The number of nitrogens with zero attached hydrogens (tertiary/aromatic N) is 3. The van der Waals surface area contributed by atoms with Crippen molar-refractivity contribution in [3.8, 4) is 56.9 Å². The minimum absolute atomic E-state index is 0.0685. The molecule has 6 rings (SSSR count). The van der Waals surface area contributed by atoms with Crippen molar-refractivity contribution >= 4 is 0 Å². The molecular formula is C31H19F6N5O2. The van der Waals surface area contributed by atoms with Crippen molar-refractivity contribution in [1.29, 1.82) is 0 Å². The third-order valence-electron chi connectivity index (χ3n) is 6.34. The van der Waals surface area contributed by atoms with Crippen LogP contribution in [0.4, 0.5) is 26.3 Å². The SMILES string of the molecule is FC(F)(F)c1cc(-c2cc(-c3c(Oc4ccccc4)cccc3Oc3ccccc3)cc(-c3cc(C(F)(F)F)[nH]n3)n2)n[nH]1. The van der Waals surface area contributed by atoms with E-state index in [0.29, 0.717) is 34.1 Å². The highest BCUT2D eigenvalue weighted by Gasteiger charge is 2.35. The van der Waals surface area contributed by atoms with E-state index in [0.717, 1.165) is 12.1 Å². The van der Waals surface area contributed by atoms with Gasteiger partial charge in [-0.05, 0) is 66.2 Å². The summed E-state index contributed by atoms with van der Waals surface area (Å²) in [7, 11) is 0. The van der Waals surface area contributed by atoms with Crippen LogP contribution >= 0.6 is 0 Å². The Morgan fingerprint density at radius 1 is 0.500 bits per heavy atom. The molecule has 3 aromatic heterocycles. The average Bonchev–Trinajstić information content (AvgIpc) is 3.70. The zero-order valence-corrected chi connectivity index (χ0v) is 22.2. The number of hydrogen-bond donors (Lipinski definition) is 2. The minimum atomic E-state index is -4.72. The van der Waals surface area contributed by atoms with Crippen molar-refractivity contribution < 1.29 is 35.8 Å². The Morgan fingerprint density at radius 3 is 1.32 bits per heavy atom. The molecule has 0 saturated heterocycles. The fraction of sp³-hybridized carbons (Fsp3) is 0.0645. The zero-order chi connectivity index (χ0) is 30.9. The van der Waals surface area contributed by atoms with Gasteiger partial charge in [-0.1, -0.05) is 42.5 Å². The van der Waals surface area contributed by atoms with Crippen molar-refractivity contribution in [2.24, 2.45) is 0 Å². The van der Waals surface area contributed by atoms with E-state index < -0.39 is 23.7 Å². The van der Waals surface area contributed by atoms with Crippen LogP contribution in [-0.2, 0) is 12.4 Å². The van der Waals surface area contributed by atoms with Crippen LogP contribution in [0.15, 0.2) is 103 Å². The number of hydrogen-bond acceptors (Lipinski definition) is 5. The molecule has 0 radical (unpaired) electrons. The molecule has 7 nitrogen and oxygen atoms in total. The molecule has 3 aromatic carbocycles. The van der Waals surface area contributed by atoms with Gasteiger partial charge in [0, 0.05) is 0 Å². The van der Waals surface area contributed by atoms with Gasteiger partial charge in [0.25, 0.3) is 0 Å². The molecule has 13 heteroatoms. The second-order valence-electron chi connectivity index (χ2n) is 9.42. The predicted molar refractivity (Wildman–Crippen MR) is 148 cm³/mol. The molecular weight excluding hydrogens is 588 g/mol. The molecule has 0 unspecified atom stereocenters. The van der Waals surface area contributed by atoms with E-state index in [9.17, 15) is 26.3 Å². The Labute approximate surface area is 245 Å². The smallest absolute Gasteiger partial charge is 0.432 e. The monoisotopic (exact) mass is 607 g/mol. The predicted octanol–water partition coefficient (Wildman–Crippen LogP) is 9.15. The zero-order valence-electron chi connectivity index (χ0n) is 22.2. The molecule has 6 aromatic rings. The topological polar surface area (TPSA) is 88.7 Å². The Morgan fingerprint density at radius 2 is 0.932 bits per heavy atom. The molecule has 44 heavy (non-hydrogen) atoms. The molecule has 0 aliphatic heterocycles. The number of ether oxygens (including phenoxy) is 2. The number of para-hydroxylation sites is 2. The molecule has 0 bridgehead atoms. The van der Waals surface area contributed by atoms with Gasteiger partial charge in [-0.2, -0.15) is 36.5 Å². The summed E-state index contributed by atoms with van der Waals surface area (Å²) in [5.41, 5.74) is -2.12. The summed E-state index contributed by atoms with van der Waals surface area (Å²) < 4.78 is 92.7. The molecule has 0 fully saturated rings. The van der Waals surface area contributed by atoms with Crippen LogP contribution in [0, 0.1) is 0 Å². The number of pyridine rings is 1. The van der Waals surface area contributed by atoms with E-state index >= 15 is 0 Å². The third-order valence-corrected chi connectivity index (χ3v) is 6.34. The Bertz CT molecular complexity index is 1770. The summed E-state index contributed by atoms with van der Waals surface area (Å²) in [4.78, 5) is 4.34. The Balaban J connectivity index is 1.56. The van der Waals surface area contributed by atoms with Gasteiger partial charge in [-0.25, -0.2) is 4.98 Å². The second-order valence-corrected chi connectivity index (χ2v) is 9.42. The summed E-state index contributed by atoms with van der Waals surface area (Å²) in [5, 5.41) is 11.4. The number of alkyl halides is 6. The highest BCUT2D eigenvalue weighted by Crippen LogP contribution is 2.44.